The van der Waals surface area contributed by atoms with Crippen molar-refractivity contribution in [1.82, 2.24) is 9.88 Å². The molecule has 1 aromatic heterocycles. The van der Waals surface area contributed by atoms with E-state index in [-0.39, 0.29) is 5.91 Å². The lowest BCUT2D eigenvalue weighted by atomic mass is 10.00. The number of nitrogens with one attached hydrogen (secondary N) is 2. The van der Waals surface area contributed by atoms with E-state index < -0.39 is 5.97 Å². The zero-order chi connectivity index (χ0) is 21.3. The van der Waals surface area contributed by atoms with Crippen molar-refractivity contribution in [3.05, 3.63) is 46.3 Å². The van der Waals surface area contributed by atoms with Gasteiger partial charge in [0.2, 0.25) is 0 Å². The molecule has 4 rings (SSSR count). The first kappa shape index (κ1) is 20.2. The van der Waals surface area contributed by atoms with Gasteiger partial charge in [-0.05, 0) is 82.1 Å². The van der Waals surface area contributed by atoms with Crippen molar-refractivity contribution < 1.29 is 19.4 Å². The van der Waals surface area contributed by atoms with Crippen LogP contribution in [0.15, 0.2) is 18.2 Å². The number of carboxylic acids is 1. The topological polar surface area (TPSA) is 94.7 Å². The Morgan fingerprint density at radius 1 is 1.30 bits per heavy atom. The minimum absolute atomic E-state index is 0.203. The number of likely N-dealkylation sites (tertiary alicyclic amines) is 1. The molecule has 0 atom stereocenters. The second-order valence-corrected chi connectivity index (χ2v) is 7.90. The molecule has 30 heavy (non-hydrogen) atoms. The molecule has 0 unspecified atom stereocenters. The Bertz CT molecular complexity index is 1020. The van der Waals surface area contributed by atoms with Gasteiger partial charge >= 0.3 is 5.97 Å². The Morgan fingerprint density at radius 2 is 2.07 bits per heavy atom. The van der Waals surface area contributed by atoms with Crippen LogP contribution in [0.2, 0.25) is 0 Å². The fourth-order valence-corrected chi connectivity index (χ4v) is 4.44. The summed E-state index contributed by atoms with van der Waals surface area (Å²) in [7, 11) is 1.58. The number of benzene rings is 1. The van der Waals surface area contributed by atoms with Crippen molar-refractivity contribution in [2.75, 3.05) is 32.1 Å². The summed E-state index contributed by atoms with van der Waals surface area (Å²) in [5.41, 5.74) is 4.35. The van der Waals surface area contributed by atoms with E-state index in [2.05, 4.69) is 15.2 Å². The Kier molecular flexibility index (Phi) is 5.63. The van der Waals surface area contributed by atoms with E-state index in [0.717, 1.165) is 42.9 Å². The van der Waals surface area contributed by atoms with Crippen LogP contribution in [0.3, 0.4) is 0 Å². The number of amides is 1. The number of fused-ring (bicyclic) bond motifs is 1. The Labute approximate surface area is 175 Å². The molecule has 1 amide bonds. The van der Waals surface area contributed by atoms with Crippen LogP contribution in [0.25, 0.3) is 11.6 Å². The number of rotatable bonds is 7. The first-order valence-corrected chi connectivity index (χ1v) is 10.4. The van der Waals surface area contributed by atoms with Gasteiger partial charge in [-0.2, -0.15) is 0 Å². The summed E-state index contributed by atoms with van der Waals surface area (Å²) in [5.74, 6) is -0.483. The maximum absolute atomic E-state index is 12.6. The van der Waals surface area contributed by atoms with E-state index in [1.54, 1.807) is 26.2 Å². The monoisotopic (exact) mass is 409 g/mol. The first-order valence-electron chi connectivity index (χ1n) is 10.4. The van der Waals surface area contributed by atoms with Crippen molar-refractivity contribution in [3.63, 3.8) is 0 Å². The number of methoxy groups -OCH3 is 1. The number of hydrogen-bond donors (Lipinski definition) is 3. The summed E-state index contributed by atoms with van der Waals surface area (Å²) in [6, 6.07) is 5.43. The van der Waals surface area contributed by atoms with Gasteiger partial charge in [-0.15, -0.1) is 0 Å². The van der Waals surface area contributed by atoms with Crippen LogP contribution in [0.5, 0.6) is 5.75 Å². The van der Waals surface area contributed by atoms with Crippen molar-refractivity contribution in [2.45, 2.75) is 32.6 Å². The number of anilines is 1. The van der Waals surface area contributed by atoms with Crippen molar-refractivity contribution >= 4 is 29.2 Å². The molecule has 0 spiro atoms. The number of hydrogen-bond acceptors (Lipinski definition) is 4. The van der Waals surface area contributed by atoms with Gasteiger partial charge in [0.25, 0.3) is 5.91 Å². The maximum atomic E-state index is 12.6. The van der Waals surface area contributed by atoms with E-state index in [1.807, 2.05) is 12.1 Å². The normalized spacial score (nSPS) is 17.4. The second kappa shape index (κ2) is 8.36. The Hall–Kier alpha value is -3.06. The Balaban J connectivity index is 1.68. The number of carbonyl (C=O) groups excluding carboxylic acids is 1. The van der Waals surface area contributed by atoms with Crippen LogP contribution in [-0.4, -0.2) is 53.6 Å². The average molecular weight is 409 g/mol. The number of aryl methyl sites for hydroxylation is 1. The number of carbonyl (C=O) groups is 2. The Morgan fingerprint density at radius 3 is 2.77 bits per heavy atom. The van der Waals surface area contributed by atoms with Crippen LogP contribution < -0.4 is 10.1 Å². The van der Waals surface area contributed by atoms with Crippen molar-refractivity contribution in [3.8, 4) is 5.75 Å². The highest BCUT2D eigenvalue weighted by Crippen LogP contribution is 2.36. The molecule has 2 aromatic rings. The fourth-order valence-electron chi connectivity index (χ4n) is 4.44. The number of aromatic amines is 1. The van der Waals surface area contributed by atoms with Crippen LogP contribution >= 0.6 is 0 Å². The van der Waals surface area contributed by atoms with E-state index >= 15 is 0 Å². The molecule has 3 N–H and O–H groups in total. The SMILES string of the molecule is COc1ccc2c(c1)C(=Cc1[nH]c(C)c(C(=O)O)c1CCCN1CCCC1)C(=O)N2. The van der Waals surface area contributed by atoms with E-state index in [0.29, 0.717) is 34.7 Å². The van der Waals surface area contributed by atoms with Gasteiger partial charge in [0, 0.05) is 22.6 Å². The van der Waals surface area contributed by atoms with Gasteiger partial charge in [0.15, 0.2) is 0 Å². The summed E-state index contributed by atoms with van der Waals surface area (Å²) in [5, 5.41) is 12.6. The summed E-state index contributed by atoms with van der Waals surface area (Å²) in [4.78, 5) is 30.1. The molecule has 2 aliphatic heterocycles. The molecule has 7 nitrogen and oxygen atoms in total. The molecule has 1 fully saturated rings. The molecular weight excluding hydrogens is 382 g/mol. The maximum Gasteiger partial charge on any atom is 0.337 e. The largest absolute Gasteiger partial charge is 0.497 e. The van der Waals surface area contributed by atoms with Crippen LogP contribution in [0, 0.1) is 6.92 Å². The van der Waals surface area contributed by atoms with Gasteiger partial charge in [0.05, 0.1) is 18.2 Å². The van der Waals surface area contributed by atoms with Gasteiger partial charge in [-0.25, -0.2) is 4.79 Å². The highest BCUT2D eigenvalue weighted by molar-refractivity contribution is 6.35. The third kappa shape index (κ3) is 3.85. The van der Waals surface area contributed by atoms with Gasteiger partial charge in [-0.3, -0.25) is 4.79 Å². The minimum Gasteiger partial charge on any atom is -0.497 e. The smallest absolute Gasteiger partial charge is 0.337 e. The molecule has 2 aliphatic rings. The van der Waals surface area contributed by atoms with Gasteiger partial charge < -0.3 is 25.0 Å². The molecule has 7 heteroatoms. The minimum atomic E-state index is -0.942. The fraction of sp³-hybridized carbons (Fsp3) is 0.391. The zero-order valence-corrected chi connectivity index (χ0v) is 17.4. The van der Waals surface area contributed by atoms with Crippen LogP contribution in [0.4, 0.5) is 5.69 Å². The summed E-state index contributed by atoms with van der Waals surface area (Å²) in [6.45, 7) is 4.96. The zero-order valence-electron chi connectivity index (χ0n) is 17.4. The molecule has 0 aliphatic carbocycles. The van der Waals surface area contributed by atoms with E-state index in [9.17, 15) is 14.7 Å². The summed E-state index contributed by atoms with van der Waals surface area (Å²) < 4.78 is 5.30. The van der Waals surface area contributed by atoms with Crippen LogP contribution in [0.1, 0.15) is 52.1 Å². The van der Waals surface area contributed by atoms with E-state index in [1.165, 1.54) is 12.8 Å². The number of carboxylic acid groups (broad SMARTS) is 1. The number of aromatic nitrogens is 1. The van der Waals surface area contributed by atoms with Crippen molar-refractivity contribution in [2.24, 2.45) is 0 Å². The number of H-pyrrole nitrogens is 1. The quantitative estimate of drug-likeness (QED) is 0.608. The lowest BCUT2D eigenvalue weighted by molar-refractivity contribution is -0.110. The molecule has 1 aromatic carbocycles. The number of ether oxygens (including phenoxy) is 1. The highest BCUT2D eigenvalue weighted by atomic mass is 16.5. The van der Waals surface area contributed by atoms with Crippen molar-refractivity contribution in [1.29, 1.82) is 0 Å². The molecular formula is C23H27N3O4. The number of nitrogens with zero attached hydrogens (tertiary/aromatic N) is 1. The lowest BCUT2D eigenvalue weighted by Crippen LogP contribution is -2.21. The lowest BCUT2D eigenvalue weighted by Gasteiger charge is -2.14. The standard InChI is InChI=1S/C23H27N3O4/c1-14-21(23(28)29)16(6-5-11-26-9-3-4-10-26)20(24-14)13-18-17-12-15(30-2)7-8-19(17)25-22(18)27/h7-8,12-13,24H,3-6,9-11H2,1-2H3,(H,25,27)(H,28,29). The molecule has 1 saturated heterocycles. The van der Waals surface area contributed by atoms with Gasteiger partial charge in [-0.1, -0.05) is 0 Å². The predicted molar refractivity (Wildman–Crippen MR) is 116 cm³/mol. The summed E-state index contributed by atoms with van der Waals surface area (Å²) in [6.07, 6.45) is 5.77. The summed E-state index contributed by atoms with van der Waals surface area (Å²) >= 11 is 0. The molecule has 0 saturated carbocycles. The average Bonchev–Trinajstić information content (AvgIpc) is 3.41. The van der Waals surface area contributed by atoms with Crippen LogP contribution in [-0.2, 0) is 11.2 Å². The predicted octanol–water partition coefficient (Wildman–Crippen LogP) is 3.55. The number of aromatic carboxylic acids is 1. The molecule has 3 heterocycles. The van der Waals surface area contributed by atoms with E-state index in [4.69, 9.17) is 4.74 Å². The first-order chi connectivity index (χ1) is 14.5. The highest BCUT2D eigenvalue weighted by Gasteiger charge is 2.27. The molecule has 0 radical (unpaired) electrons. The third-order valence-corrected chi connectivity index (χ3v) is 5.94. The molecule has 0 bridgehead atoms. The molecule has 158 valence electrons. The van der Waals surface area contributed by atoms with Gasteiger partial charge in [0.1, 0.15) is 5.75 Å². The third-order valence-electron chi connectivity index (χ3n) is 5.94. The second-order valence-electron chi connectivity index (χ2n) is 7.90.